The highest BCUT2D eigenvalue weighted by atomic mass is 16.6. The van der Waals surface area contributed by atoms with E-state index < -0.39 is 50.8 Å². The first kappa shape index (κ1) is 139. The van der Waals surface area contributed by atoms with Crippen LogP contribution in [-0.2, 0) is 143 Å². The second-order valence-electron chi connectivity index (χ2n) is 38.5. The number of carbonyl (C=O) groups is 10. The molecular weight excluding hydrogens is 1660 g/mol. The predicted octanol–water partition coefficient (Wildman–Crippen LogP) is 18.2. The van der Waals surface area contributed by atoms with Crippen LogP contribution in [0.1, 0.15) is 302 Å². The van der Waals surface area contributed by atoms with E-state index in [4.69, 9.17) is 94.7 Å². The summed E-state index contributed by atoms with van der Waals surface area (Å²) >= 11 is 0. The summed E-state index contributed by atoms with van der Waals surface area (Å²) in [5.74, 6) is -3.34. The van der Waals surface area contributed by atoms with Gasteiger partial charge < -0.3 is 94.7 Å². The molecule has 0 saturated heterocycles. The standard InChI is InChI=1S/C19H36O6.C15H26O6.2C12H22O3.C10H18O3.2C10H20O3.C8H16O3.C2H2/c1-10-14(25-18(5,6)7)13-23-16(21)19(8,9)24-12-11-22-15(20)17(2,3)4;1-7-12(18-6)10-20-14(17)15(4,5)21-9-8-19-13(16)11(2)3;1-7-10(8-14-12(4,5)6)15-11(13)9(2)3;1-7-10(15-12(4,5)6)8-14-11(13)9(2)3;1-8(2)9(11)12-6-7-13-10(3,4)5;1-6-8(12-5)7-13-9(11)10(2,3)4;1-6-8(7-12-5)13-9(11)10(2,3)4;1-8(2,3)7(9)11-6-5-10-4;1-2/h14H,10-13H2,1-9H3;12H,2,7-10H2,1,3-6H3;2*10H,2,7-8H2,1,3-6H3;1,6-7H2,2-5H3;2*8H,6-7H2,1-5H3;5-6H2,1-4H3;1-2H. The summed E-state index contributed by atoms with van der Waals surface area (Å²) in [6.45, 7) is 88.0. The molecule has 30 nitrogen and oxygen atoms in total. The summed E-state index contributed by atoms with van der Waals surface area (Å²) in [6.07, 6.45) is 12.1. The second kappa shape index (κ2) is 72.4. The Labute approximate surface area is 774 Å². The first-order valence-corrected chi connectivity index (χ1v) is 43.8. The number of ether oxygens (including phenoxy) is 20. The fourth-order valence-corrected chi connectivity index (χ4v) is 7.48. The van der Waals surface area contributed by atoms with Gasteiger partial charge in [-0.15, -0.1) is 12.8 Å². The SMILES string of the molecule is C#C.C=C(C)C(=O)OC(CC)COC(C)(C)C.C=C(C)C(=O)OCC(CC)OC(C)(C)C.C=C(C)C(=O)OCCOC(C)(C)C.C=C(C)C(=O)OCCOC(C)(C)C(=O)OCC(CC)OC.CCC(COC(=O)C(C)(C)C)OC.CCC(COC(=O)C(C)(C)OCCOC(=O)C(C)(C)C)OC(C)(C)C.CCC(COC)OC(=O)C(C)(C)C.COCCOC(=O)C(C)(C)C. The first-order chi connectivity index (χ1) is 58.1. The molecule has 0 aliphatic rings. The molecule has 0 heterocycles. The Balaban J connectivity index is -0.000000183. The number of terminal acetylenes is 1. The molecule has 0 aromatic rings. The van der Waals surface area contributed by atoms with E-state index in [9.17, 15) is 47.9 Å². The zero-order valence-corrected chi connectivity index (χ0v) is 87.8. The van der Waals surface area contributed by atoms with E-state index >= 15 is 0 Å². The quantitative estimate of drug-likeness (QED) is 0.0180. The van der Waals surface area contributed by atoms with Crippen LogP contribution in [0.5, 0.6) is 0 Å². The first-order valence-electron chi connectivity index (χ1n) is 43.8. The van der Waals surface area contributed by atoms with Crippen LogP contribution in [0.4, 0.5) is 0 Å². The molecule has 0 amide bonds. The van der Waals surface area contributed by atoms with Crippen molar-refractivity contribution >= 4 is 59.7 Å². The van der Waals surface area contributed by atoms with Crippen LogP contribution < -0.4 is 0 Å². The summed E-state index contributed by atoms with van der Waals surface area (Å²) in [7, 11) is 6.37. The van der Waals surface area contributed by atoms with E-state index in [1.807, 2.05) is 187 Å². The van der Waals surface area contributed by atoms with Gasteiger partial charge in [-0.2, -0.15) is 0 Å². The molecule has 0 spiro atoms. The van der Waals surface area contributed by atoms with Crippen LogP contribution in [-0.4, -0.2) is 251 Å². The normalized spacial score (nSPS) is 12.9. The summed E-state index contributed by atoms with van der Waals surface area (Å²) < 4.78 is 104. The summed E-state index contributed by atoms with van der Waals surface area (Å²) in [6, 6.07) is 0. The van der Waals surface area contributed by atoms with Crippen LogP contribution in [0.2, 0.25) is 0 Å². The molecule has 0 saturated carbocycles. The number of methoxy groups -OCH3 is 4. The summed E-state index contributed by atoms with van der Waals surface area (Å²) in [5.41, 5.74) is -3.38. The van der Waals surface area contributed by atoms with Gasteiger partial charge in [-0.3, -0.25) is 19.2 Å². The van der Waals surface area contributed by atoms with Crippen LogP contribution >= 0.6 is 0 Å². The summed E-state index contributed by atoms with van der Waals surface area (Å²) in [5, 5.41) is 0. The van der Waals surface area contributed by atoms with E-state index in [2.05, 4.69) is 39.2 Å². The Morgan fingerprint density at radius 2 is 0.508 bits per heavy atom. The van der Waals surface area contributed by atoms with Gasteiger partial charge in [-0.25, -0.2) is 28.8 Å². The van der Waals surface area contributed by atoms with Gasteiger partial charge in [0.2, 0.25) is 0 Å². The molecule has 0 N–H and O–H groups in total. The highest BCUT2D eigenvalue weighted by Crippen LogP contribution is 2.23. The maximum absolute atomic E-state index is 12.2. The molecule has 6 atom stereocenters. The number of rotatable bonds is 44. The van der Waals surface area contributed by atoms with E-state index in [1.54, 1.807) is 105 Å². The van der Waals surface area contributed by atoms with Gasteiger partial charge in [-0.1, -0.05) is 67.9 Å². The number of esters is 10. The van der Waals surface area contributed by atoms with Crippen molar-refractivity contribution in [3.05, 3.63) is 48.6 Å². The molecule has 0 aromatic carbocycles. The highest BCUT2D eigenvalue weighted by Gasteiger charge is 2.35. The number of hydrogen-bond donors (Lipinski definition) is 0. The molecule has 6 unspecified atom stereocenters. The maximum Gasteiger partial charge on any atom is 0.337 e. The molecule has 0 fully saturated rings. The van der Waals surface area contributed by atoms with Crippen molar-refractivity contribution in [3.8, 4) is 12.8 Å². The van der Waals surface area contributed by atoms with Crippen LogP contribution in [0.25, 0.3) is 0 Å². The van der Waals surface area contributed by atoms with Gasteiger partial charge in [-0.05, 0) is 260 Å². The lowest BCUT2D eigenvalue weighted by Crippen LogP contribution is -2.40. The van der Waals surface area contributed by atoms with Crippen molar-refractivity contribution in [2.45, 2.75) is 372 Å². The Morgan fingerprint density at radius 1 is 0.250 bits per heavy atom. The lowest BCUT2D eigenvalue weighted by molar-refractivity contribution is -0.178. The lowest BCUT2D eigenvalue weighted by atomic mass is 9.97. The van der Waals surface area contributed by atoms with Crippen LogP contribution in [0.15, 0.2) is 48.6 Å². The molecule has 0 aliphatic carbocycles. The number of hydrogen-bond acceptors (Lipinski definition) is 30. The van der Waals surface area contributed by atoms with E-state index in [0.29, 0.717) is 68.5 Å². The smallest absolute Gasteiger partial charge is 0.337 e. The minimum atomic E-state index is -1.12. The maximum atomic E-state index is 12.2. The predicted molar refractivity (Wildman–Crippen MR) is 502 cm³/mol. The van der Waals surface area contributed by atoms with Crippen molar-refractivity contribution < 1.29 is 143 Å². The lowest BCUT2D eigenvalue weighted by Gasteiger charge is -2.28. The Kier molecular flexibility index (Phi) is 78.5. The Morgan fingerprint density at radius 3 is 0.773 bits per heavy atom. The second-order valence-corrected chi connectivity index (χ2v) is 38.5. The molecule has 0 radical (unpaired) electrons. The van der Waals surface area contributed by atoms with Gasteiger partial charge in [0.1, 0.15) is 65.1 Å². The minimum Gasteiger partial charge on any atom is -0.463 e. The third-order valence-corrected chi connectivity index (χ3v) is 15.4. The topological polar surface area (TPSA) is 355 Å². The zero-order chi connectivity index (χ0) is 103. The van der Waals surface area contributed by atoms with Crippen molar-refractivity contribution in [3.63, 3.8) is 0 Å². The van der Waals surface area contributed by atoms with E-state index in [-0.39, 0.29) is 147 Å². The fraction of sp³-hybridized carbons (Fsp3) is 0.796. The third kappa shape index (κ3) is 88.1. The van der Waals surface area contributed by atoms with Gasteiger partial charge in [0.25, 0.3) is 0 Å². The van der Waals surface area contributed by atoms with Gasteiger partial charge >= 0.3 is 59.7 Å². The zero-order valence-electron chi connectivity index (χ0n) is 87.8. The Hall–Kier alpha value is -7.18. The third-order valence-electron chi connectivity index (χ3n) is 15.4. The fourth-order valence-electron chi connectivity index (χ4n) is 7.48. The number of carbonyl (C=O) groups excluding carboxylic acids is 10. The van der Waals surface area contributed by atoms with Crippen molar-refractivity contribution in [1.82, 2.24) is 0 Å². The van der Waals surface area contributed by atoms with Gasteiger partial charge in [0.05, 0.1) is 108 Å². The summed E-state index contributed by atoms with van der Waals surface area (Å²) in [4.78, 5) is 114. The van der Waals surface area contributed by atoms with Gasteiger partial charge in [0, 0.05) is 50.7 Å². The van der Waals surface area contributed by atoms with Gasteiger partial charge in [0.15, 0.2) is 11.2 Å². The van der Waals surface area contributed by atoms with E-state index in [1.165, 1.54) is 0 Å². The average Bonchev–Trinajstić information content (AvgIpc) is 0.887. The van der Waals surface area contributed by atoms with Crippen LogP contribution in [0, 0.1) is 34.5 Å². The van der Waals surface area contributed by atoms with E-state index in [0.717, 1.165) is 38.5 Å². The molecule has 754 valence electrons. The Bertz CT molecular complexity index is 3100. The molecule has 0 aromatic heterocycles. The van der Waals surface area contributed by atoms with Crippen molar-refractivity contribution in [1.29, 1.82) is 0 Å². The van der Waals surface area contributed by atoms with Crippen molar-refractivity contribution in [2.24, 2.45) is 21.7 Å². The monoisotopic (exact) mass is 1840 g/mol. The molecule has 30 heteroatoms. The largest absolute Gasteiger partial charge is 0.463 e. The van der Waals surface area contributed by atoms with Crippen LogP contribution in [0.3, 0.4) is 0 Å². The molecule has 0 bridgehead atoms. The molecule has 0 aliphatic heterocycles. The molecular formula is C98H182O30. The minimum absolute atomic E-state index is 0.0197. The molecule has 0 rings (SSSR count). The van der Waals surface area contributed by atoms with Crippen molar-refractivity contribution in [2.75, 3.05) is 121 Å². The highest BCUT2D eigenvalue weighted by molar-refractivity contribution is 5.88. The average molecular weight is 1840 g/mol. The molecule has 128 heavy (non-hydrogen) atoms.